The average Bonchev–Trinajstić information content (AvgIpc) is 3.08. The van der Waals surface area contributed by atoms with Gasteiger partial charge < -0.3 is 4.90 Å². The zero-order valence-electron chi connectivity index (χ0n) is 13.7. The Bertz CT molecular complexity index is 977. The molecule has 5 heteroatoms. The molecule has 0 aliphatic carbocycles. The summed E-state index contributed by atoms with van der Waals surface area (Å²) in [6.07, 6.45) is 0.355. The number of aromatic nitrogens is 1. The molecular formula is C20H16N2O2S. The Balaban J connectivity index is 1.70. The fourth-order valence-corrected chi connectivity index (χ4v) is 3.85. The summed E-state index contributed by atoms with van der Waals surface area (Å²) in [5.74, 6) is 0.00161. The van der Waals surface area contributed by atoms with Crippen LogP contribution in [-0.4, -0.2) is 23.2 Å². The highest BCUT2D eigenvalue weighted by Gasteiger charge is 2.27. The van der Waals surface area contributed by atoms with Crippen LogP contribution in [0.25, 0.3) is 10.6 Å². The minimum absolute atomic E-state index is 0.0879. The maximum absolute atomic E-state index is 13.1. The van der Waals surface area contributed by atoms with Crippen molar-refractivity contribution in [2.24, 2.45) is 0 Å². The molecule has 1 aromatic heterocycles. The second-order valence-electron chi connectivity index (χ2n) is 6.02. The number of benzene rings is 2. The number of aryl methyl sites for hydroxylation is 1. The van der Waals surface area contributed by atoms with Gasteiger partial charge in [-0.15, -0.1) is 11.3 Å². The van der Waals surface area contributed by atoms with Gasteiger partial charge in [-0.25, -0.2) is 4.98 Å². The Morgan fingerprint density at radius 3 is 2.80 bits per heavy atom. The van der Waals surface area contributed by atoms with E-state index in [0.29, 0.717) is 29.8 Å². The van der Waals surface area contributed by atoms with Gasteiger partial charge in [-0.1, -0.05) is 24.3 Å². The monoisotopic (exact) mass is 348 g/mol. The molecule has 1 aliphatic rings. The van der Waals surface area contributed by atoms with Crippen LogP contribution in [0.3, 0.4) is 0 Å². The summed E-state index contributed by atoms with van der Waals surface area (Å²) in [7, 11) is 0. The topological polar surface area (TPSA) is 50.3 Å². The van der Waals surface area contributed by atoms with Crippen LogP contribution in [-0.2, 0) is 0 Å². The summed E-state index contributed by atoms with van der Waals surface area (Å²) >= 11 is 1.57. The number of para-hydroxylation sites is 1. The third kappa shape index (κ3) is 2.87. The number of amides is 1. The van der Waals surface area contributed by atoms with Crippen LogP contribution < -0.4 is 4.90 Å². The summed E-state index contributed by atoms with van der Waals surface area (Å²) < 4.78 is 0. The lowest BCUT2D eigenvalue weighted by Crippen LogP contribution is -2.37. The van der Waals surface area contributed by atoms with Gasteiger partial charge in [0.25, 0.3) is 5.91 Å². The first-order chi connectivity index (χ1) is 12.1. The minimum atomic E-state index is -0.0879. The van der Waals surface area contributed by atoms with Gasteiger partial charge >= 0.3 is 0 Å². The van der Waals surface area contributed by atoms with Gasteiger partial charge in [-0.05, 0) is 31.2 Å². The van der Waals surface area contributed by atoms with E-state index in [1.807, 2.05) is 54.8 Å². The molecule has 1 aliphatic heterocycles. The fraction of sp³-hybridized carbons (Fsp3) is 0.150. The van der Waals surface area contributed by atoms with Crippen LogP contribution in [0, 0.1) is 6.92 Å². The van der Waals surface area contributed by atoms with E-state index in [1.54, 1.807) is 22.3 Å². The Morgan fingerprint density at radius 2 is 2.00 bits per heavy atom. The van der Waals surface area contributed by atoms with Crippen molar-refractivity contribution in [1.82, 2.24) is 4.98 Å². The second kappa shape index (κ2) is 6.26. The molecular weight excluding hydrogens is 332 g/mol. The Morgan fingerprint density at radius 1 is 1.16 bits per heavy atom. The molecule has 0 saturated carbocycles. The number of ketones is 1. The molecule has 0 saturated heterocycles. The van der Waals surface area contributed by atoms with E-state index in [-0.39, 0.29) is 11.7 Å². The van der Waals surface area contributed by atoms with Crippen molar-refractivity contribution in [3.8, 4) is 10.6 Å². The quantitative estimate of drug-likeness (QED) is 0.692. The Kier molecular flexibility index (Phi) is 3.93. The Hall–Kier alpha value is -2.79. The van der Waals surface area contributed by atoms with Crippen LogP contribution in [0.2, 0.25) is 0 Å². The normalized spacial score (nSPS) is 13.6. The van der Waals surface area contributed by atoms with Crippen LogP contribution in [0.5, 0.6) is 0 Å². The number of hydrogen-bond donors (Lipinski definition) is 0. The minimum Gasteiger partial charge on any atom is -0.307 e. The zero-order chi connectivity index (χ0) is 17.4. The van der Waals surface area contributed by atoms with E-state index in [9.17, 15) is 9.59 Å². The van der Waals surface area contributed by atoms with E-state index >= 15 is 0 Å². The van der Waals surface area contributed by atoms with E-state index in [2.05, 4.69) is 4.98 Å². The van der Waals surface area contributed by atoms with Crippen molar-refractivity contribution < 1.29 is 9.59 Å². The van der Waals surface area contributed by atoms with Crippen molar-refractivity contribution >= 4 is 28.7 Å². The molecule has 3 aromatic rings. The van der Waals surface area contributed by atoms with Crippen LogP contribution >= 0.6 is 11.3 Å². The van der Waals surface area contributed by atoms with Gasteiger partial charge in [0.15, 0.2) is 5.78 Å². The van der Waals surface area contributed by atoms with E-state index in [0.717, 1.165) is 16.3 Å². The Labute approximate surface area is 149 Å². The number of Topliss-reactive ketones (excluding diaryl/α,β-unsaturated/α-hetero) is 1. The third-order valence-corrected chi connectivity index (χ3v) is 5.29. The number of fused-ring (bicyclic) bond motifs is 1. The van der Waals surface area contributed by atoms with Crippen molar-refractivity contribution in [3.05, 3.63) is 70.7 Å². The van der Waals surface area contributed by atoms with E-state index in [1.165, 1.54) is 0 Å². The van der Waals surface area contributed by atoms with Gasteiger partial charge in [-0.3, -0.25) is 9.59 Å². The summed E-state index contributed by atoms with van der Waals surface area (Å²) in [6.45, 7) is 2.37. The first kappa shape index (κ1) is 15.7. The number of rotatable bonds is 2. The smallest absolute Gasteiger partial charge is 0.258 e. The number of carbonyl (C=O) groups excluding carboxylic acids is 2. The molecule has 2 heterocycles. The summed E-state index contributed by atoms with van der Waals surface area (Å²) in [6, 6.07) is 14.8. The highest BCUT2D eigenvalue weighted by atomic mass is 32.1. The fourth-order valence-electron chi connectivity index (χ4n) is 3.05. The molecule has 0 radical (unpaired) electrons. The largest absolute Gasteiger partial charge is 0.307 e. The van der Waals surface area contributed by atoms with E-state index < -0.39 is 0 Å². The van der Waals surface area contributed by atoms with Crippen molar-refractivity contribution in [2.45, 2.75) is 13.3 Å². The second-order valence-corrected chi connectivity index (χ2v) is 6.88. The summed E-state index contributed by atoms with van der Waals surface area (Å²) in [5, 5.41) is 2.90. The highest BCUT2D eigenvalue weighted by Crippen LogP contribution is 2.29. The maximum atomic E-state index is 13.1. The standard InChI is InChI=1S/C20H16N2O2S/c1-13-12-25-19(21-13)14-5-4-6-15(11-14)20(24)22-10-9-18(23)16-7-2-3-8-17(16)22/h2-8,11-12H,9-10H2,1H3. The number of hydrogen-bond acceptors (Lipinski definition) is 4. The van der Waals surface area contributed by atoms with Gasteiger partial charge in [-0.2, -0.15) is 0 Å². The van der Waals surface area contributed by atoms with Gasteiger partial charge in [0.2, 0.25) is 0 Å². The van der Waals surface area contributed by atoms with Gasteiger partial charge in [0, 0.05) is 40.7 Å². The lowest BCUT2D eigenvalue weighted by Gasteiger charge is -2.28. The molecule has 0 fully saturated rings. The summed E-state index contributed by atoms with van der Waals surface area (Å²) in [4.78, 5) is 31.3. The first-order valence-electron chi connectivity index (χ1n) is 8.10. The van der Waals surface area contributed by atoms with Gasteiger partial charge in [0.1, 0.15) is 5.01 Å². The maximum Gasteiger partial charge on any atom is 0.258 e. The molecule has 1 amide bonds. The predicted octanol–water partition coefficient (Wildman–Crippen LogP) is 4.35. The molecule has 124 valence electrons. The lowest BCUT2D eigenvalue weighted by molar-refractivity contribution is 0.0955. The molecule has 4 rings (SSSR count). The zero-order valence-corrected chi connectivity index (χ0v) is 14.5. The number of anilines is 1. The molecule has 0 spiro atoms. The van der Waals surface area contributed by atoms with Crippen molar-refractivity contribution in [3.63, 3.8) is 0 Å². The SMILES string of the molecule is Cc1csc(-c2cccc(C(=O)N3CCC(=O)c4ccccc43)c2)n1. The molecule has 25 heavy (non-hydrogen) atoms. The molecule has 2 aromatic carbocycles. The molecule has 0 bridgehead atoms. The van der Waals surface area contributed by atoms with Crippen LogP contribution in [0.4, 0.5) is 5.69 Å². The molecule has 0 N–H and O–H groups in total. The third-order valence-electron chi connectivity index (χ3n) is 4.28. The number of carbonyl (C=O) groups is 2. The molecule has 0 unspecified atom stereocenters. The lowest BCUT2D eigenvalue weighted by atomic mass is 9.99. The van der Waals surface area contributed by atoms with Gasteiger partial charge in [0.05, 0.1) is 5.69 Å². The van der Waals surface area contributed by atoms with Crippen LogP contribution in [0.1, 0.15) is 32.8 Å². The summed E-state index contributed by atoms with van der Waals surface area (Å²) in [5.41, 5.74) is 3.83. The van der Waals surface area contributed by atoms with Crippen LogP contribution in [0.15, 0.2) is 53.9 Å². The predicted molar refractivity (Wildman–Crippen MR) is 99.4 cm³/mol. The first-order valence-corrected chi connectivity index (χ1v) is 8.98. The number of thiazole rings is 1. The molecule has 0 atom stereocenters. The number of nitrogens with zero attached hydrogens (tertiary/aromatic N) is 2. The molecule has 4 nitrogen and oxygen atoms in total. The van der Waals surface area contributed by atoms with E-state index in [4.69, 9.17) is 0 Å². The highest BCUT2D eigenvalue weighted by molar-refractivity contribution is 7.13. The van der Waals surface area contributed by atoms with Crippen molar-refractivity contribution in [1.29, 1.82) is 0 Å². The van der Waals surface area contributed by atoms with Crippen molar-refractivity contribution in [2.75, 3.05) is 11.4 Å². The average molecular weight is 348 g/mol.